The molecule has 7 heteroatoms. The van der Waals surface area contributed by atoms with E-state index in [9.17, 15) is 4.79 Å². The molecule has 1 saturated heterocycles. The molecule has 0 aliphatic carbocycles. The van der Waals surface area contributed by atoms with Crippen LogP contribution in [0.1, 0.15) is 24.4 Å². The molecule has 132 valence electrons. The minimum absolute atomic E-state index is 0.119. The lowest BCUT2D eigenvalue weighted by molar-refractivity contribution is -0.138. The van der Waals surface area contributed by atoms with Crippen molar-refractivity contribution in [2.45, 2.75) is 25.3 Å². The minimum atomic E-state index is -0.119. The highest BCUT2D eigenvalue weighted by Crippen LogP contribution is 2.32. The van der Waals surface area contributed by atoms with Crippen molar-refractivity contribution in [3.8, 4) is 11.5 Å². The Balaban J connectivity index is 1.39. The fourth-order valence-corrected chi connectivity index (χ4v) is 3.70. The van der Waals surface area contributed by atoms with Crippen LogP contribution >= 0.6 is 0 Å². The minimum Gasteiger partial charge on any atom is -0.497 e. The summed E-state index contributed by atoms with van der Waals surface area (Å²) >= 11 is 0. The van der Waals surface area contributed by atoms with Gasteiger partial charge in [-0.25, -0.2) is 0 Å². The number of carbonyl (C=O) groups excluding carboxylic acids is 1. The van der Waals surface area contributed by atoms with Crippen molar-refractivity contribution in [1.82, 2.24) is 19.7 Å². The fraction of sp³-hybridized carbons (Fsp3) is 0.500. The maximum absolute atomic E-state index is 12.9. The number of ether oxygens (including phenoxy) is 2. The molecule has 0 saturated carbocycles. The molecule has 1 amide bonds. The molecule has 0 unspecified atom stereocenters. The van der Waals surface area contributed by atoms with E-state index in [-0.39, 0.29) is 11.8 Å². The lowest BCUT2D eigenvalue weighted by Crippen LogP contribution is -2.45. The number of hydrogen-bond acceptors (Lipinski definition) is 5. The van der Waals surface area contributed by atoms with Crippen molar-refractivity contribution >= 4 is 5.91 Å². The first-order chi connectivity index (χ1) is 12.2. The molecule has 2 aliphatic heterocycles. The van der Waals surface area contributed by atoms with E-state index in [4.69, 9.17) is 9.47 Å². The van der Waals surface area contributed by atoms with Crippen molar-refractivity contribution in [3.63, 3.8) is 0 Å². The molecular weight excluding hydrogens is 320 g/mol. The SMILES string of the molecule is COc1ccc2c(c1)C[C@H](C(=O)N1CCC(n3cnnc3)CC1)CO2. The third-order valence-electron chi connectivity index (χ3n) is 5.16. The molecule has 3 heterocycles. The molecule has 4 rings (SSSR count). The van der Waals surface area contributed by atoms with E-state index in [0.717, 1.165) is 43.0 Å². The summed E-state index contributed by atoms with van der Waals surface area (Å²) in [5.74, 6) is 1.73. The van der Waals surface area contributed by atoms with Crippen LogP contribution in [0.3, 0.4) is 0 Å². The molecule has 0 bridgehead atoms. The lowest BCUT2D eigenvalue weighted by atomic mass is 9.94. The van der Waals surface area contributed by atoms with Crippen molar-refractivity contribution in [3.05, 3.63) is 36.4 Å². The number of hydrogen-bond donors (Lipinski definition) is 0. The molecule has 1 aromatic heterocycles. The van der Waals surface area contributed by atoms with Gasteiger partial charge >= 0.3 is 0 Å². The van der Waals surface area contributed by atoms with E-state index in [2.05, 4.69) is 10.2 Å². The third-order valence-corrected chi connectivity index (χ3v) is 5.16. The van der Waals surface area contributed by atoms with E-state index >= 15 is 0 Å². The maximum Gasteiger partial charge on any atom is 0.229 e. The molecule has 2 aromatic rings. The number of amides is 1. The topological polar surface area (TPSA) is 69.5 Å². The van der Waals surface area contributed by atoms with Crippen molar-refractivity contribution in [1.29, 1.82) is 0 Å². The first kappa shape index (κ1) is 15.9. The van der Waals surface area contributed by atoms with Gasteiger partial charge in [-0.05, 0) is 43.0 Å². The standard InChI is InChI=1S/C18H22N4O3/c1-24-16-2-3-17-13(9-16)8-14(10-25-17)18(23)21-6-4-15(5-7-21)22-11-19-20-12-22/h2-3,9,11-12,14-15H,4-8,10H2,1H3/t14-/m0/s1. The van der Waals surface area contributed by atoms with Crippen LogP contribution in [-0.4, -0.2) is 52.4 Å². The van der Waals surface area contributed by atoms with E-state index in [1.165, 1.54) is 0 Å². The van der Waals surface area contributed by atoms with Gasteiger partial charge in [0.15, 0.2) is 0 Å². The Morgan fingerprint density at radius 1 is 1.24 bits per heavy atom. The van der Waals surface area contributed by atoms with Gasteiger partial charge in [0, 0.05) is 19.1 Å². The average molecular weight is 342 g/mol. The van der Waals surface area contributed by atoms with Crippen LogP contribution in [0.2, 0.25) is 0 Å². The number of benzene rings is 1. The predicted octanol–water partition coefficient (Wildman–Crippen LogP) is 1.70. The van der Waals surface area contributed by atoms with Crippen LogP contribution in [0.15, 0.2) is 30.9 Å². The van der Waals surface area contributed by atoms with Gasteiger partial charge in [-0.1, -0.05) is 0 Å². The van der Waals surface area contributed by atoms with Gasteiger partial charge in [-0.2, -0.15) is 0 Å². The molecule has 0 radical (unpaired) electrons. The predicted molar refractivity (Wildman–Crippen MR) is 90.6 cm³/mol. The number of fused-ring (bicyclic) bond motifs is 1. The van der Waals surface area contributed by atoms with Gasteiger partial charge < -0.3 is 18.9 Å². The quantitative estimate of drug-likeness (QED) is 0.849. The van der Waals surface area contributed by atoms with Crippen LogP contribution in [0, 0.1) is 5.92 Å². The first-order valence-corrected chi connectivity index (χ1v) is 8.67. The van der Waals surface area contributed by atoms with Gasteiger partial charge in [0.05, 0.1) is 13.0 Å². The highest BCUT2D eigenvalue weighted by atomic mass is 16.5. The number of rotatable bonds is 3. The molecule has 2 aliphatic rings. The zero-order valence-electron chi connectivity index (χ0n) is 14.3. The number of carbonyl (C=O) groups is 1. The molecule has 1 fully saturated rings. The van der Waals surface area contributed by atoms with Crippen LogP contribution in [-0.2, 0) is 11.2 Å². The van der Waals surface area contributed by atoms with Crippen LogP contribution in [0.5, 0.6) is 11.5 Å². The summed E-state index contributed by atoms with van der Waals surface area (Å²) in [7, 11) is 1.65. The number of methoxy groups -OCH3 is 1. The van der Waals surface area contributed by atoms with Gasteiger partial charge in [0.1, 0.15) is 30.8 Å². The Labute approximate surface area is 146 Å². The Hall–Kier alpha value is -2.57. The van der Waals surface area contributed by atoms with Crippen LogP contribution in [0.4, 0.5) is 0 Å². The summed E-state index contributed by atoms with van der Waals surface area (Å²) in [5.41, 5.74) is 1.04. The second-order valence-electron chi connectivity index (χ2n) is 6.65. The highest BCUT2D eigenvalue weighted by molar-refractivity contribution is 5.80. The van der Waals surface area contributed by atoms with Crippen molar-refractivity contribution in [2.24, 2.45) is 5.92 Å². The molecule has 1 aromatic carbocycles. The molecular formula is C18H22N4O3. The smallest absolute Gasteiger partial charge is 0.229 e. The fourth-order valence-electron chi connectivity index (χ4n) is 3.70. The van der Waals surface area contributed by atoms with E-state index in [1.807, 2.05) is 27.7 Å². The third kappa shape index (κ3) is 3.18. The van der Waals surface area contributed by atoms with Crippen molar-refractivity contribution < 1.29 is 14.3 Å². The molecule has 0 N–H and O–H groups in total. The maximum atomic E-state index is 12.9. The first-order valence-electron chi connectivity index (χ1n) is 8.67. The van der Waals surface area contributed by atoms with Crippen LogP contribution < -0.4 is 9.47 Å². The van der Waals surface area contributed by atoms with E-state index in [1.54, 1.807) is 19.8 Å². The summed E-state index contributed by atoms with van der Waals surface area (Å²) in [6.45, 7) is 1.98. The van der Waals surface area contributed by atoms with Gasteiger partial charge in [-0.15, -0.1) is 10.2 Å². The van der Waals surface area contributed by atoms with Gasteiger partial charge in [-0.3, -0.25) is 4.79 Å². The largest absolute Gasteiger partial charge is 0.497 e. The summed E-state index contributed by atoms with van der Waals surface area (Å²) in [5, 5.41) is 7.73. The number of piperidine rings is 1. The van der Waals surface area contributed by atoms with Crippen LogP contribution in [0.25, 0.3) is 0 Å². The van der Waals surface area contributed by atoms with E-state index < -0.39 is 0 Å². The second-order valence-corrected chi connectivity index (χ2v) is 6.65. The van der Waals surface area contributed by atoms with Gasteiger partial charge in [0.2, 0.25) is 5.91 Å². The van der Waals surface area contributed by atoms with E-state index in [0.29, 0.717) is 19.1 Å². The molecule has 0 spiro atoms. The van der Waals surface area contributed by atoms with Crippen molar-refractivity contribution in [2.75, 3.05) is 26.8 Å². The molecule has 25 heavy (non-hydrogen) atoms. The Kier molecular flexibility index (Phi) is 4.29. The summed E-state index contributed by atoms with van der Waals surface area (Å²) in [6, 6.07) is 6.15. The normalized spacial score (nSPS) is 20.7. The number of nitrogens with zero attached hydrogens (tertiary/aromatic N) is 4. The summed E-state index contributed by atoms with van der Waals surface area (Å²) < 4.78 is 13.1. The Morgan fingerprint density at radius 2 is 2.00 bits per heavy atom. The Morgan fingerprint density at radius 3 is 2.72 bits per heavy atom. The lowest BCUT2D eigenvalue weighted by Gasteiger charge is -2.35. The summed E-state index contributed by atoms with van der Waals surface area (Å²) in [6.07, 6.45) is 6.07. The van der Waals surface area contributed by atoms with Gasteiger partial charge in [0.25, 0.3) is 0 Å². The highest BCUT2D eigenvalue weighted by Gasteiger charge is 2.32. The number of likely N-dealkylation sites (tertiary alicyclic amines) is 1. The monoisotopic (exact) mass is 342 g/mol. The number of aromatic nitrogens is 3. The Bertz CT molecular complexity index is 739. The molecule has 1 atom stereocenters. The average Bonchev–Trinajstić information content (AvgIpc) is 3.21. The zero-order chi connectivity index (χ0) is 17.2. The summed E-state index contributed by atoms with van der Waals surface area (Å²) in [4.78, 5) is 14.9. The second kappa shape index (κ2) is 6.74. The zero-order valence-corrected chi connectivity index (χ0v) is 14.3. The molecule has 7 nitrogen and oxygen atoms in total.